The zero-order valence-corrected chi connectivity index (χ0v) is 8.82. The van der Waals surface area contributed by atoms with Crippen molar-refractivity contribution in [3.63, 3.8) is 0 Å². The molecule has 0 aliphatic rings. The third-order valence-electron chi connectivity index (χ3n) is 1.55. The van der Waals surface area contributed by atoms with Crippen molar-refractivity contribution in [2.75, 3.05) is 13.7 Å². The van der Waals surface area contributed by atoms with Crippen molar-refractivity contribution in [1.29, 1.82) is 0 Å². The Morgan fingerprint density at radius 2 is 2.33 bits per heavy atom. The maximum absolute atomic E-state index is 8.04. The van der Waals surface area contributed by atoms with E-state index < -0.39 is 0 Å². The second kappa shape index (κ2) is 5.82. The first-order valence-electron chi connectivity index (χ1n) is 4.10. The summed E-state index contributed by atoms with van der Waals surface area (Å²) in [5.74, 6) is 6.16. The average molecular weight is 222 g/mol. The minimum absolute atomic E-state index is 0.144. The number of nitrogens with zero attached hydrogens (tertiary/aromatic N) is 3. The van der Waals surface area contributed by atoms with Gasteiger partial charge in [-0.15, -0.1) is 0 Å². The van der Waals surface area contributed by atoms with E-state index >= 15 is 0 Å². The van der Waals surface area contributed by atoms with Crippen LogP contribution in [0.5, 0.6) is 5.75 Å². The van der Waals surface area contributed by atoms with Crippen molar-refractivity contribution in [3.05, 3.63) is 39.2 Å². The summed E-state index contributed by atoms with van der Waals surface area (Å²) in [6, 6.07) is 5.17. The third kappa shape index (κ3) is 3.82. The van der Waals surface area contributed by atoms with Gasteiger partial charge in [0.2, 0.25) is 0 Å². The molecule has 5 heteroatoms. The van der Waals surface area contributed by atoms with Crippen LogP contribution in [0, 0.1) is 11.8 Å². The fourth-order valence-electron chi connectivity index (χ4n) is 0.961. The number of methoxy groups -OCH3 is 1. The van der Waals surface area contributed by atoms with Crippen molar-refractivity contribution in [1.82, 2.24) is 0 Å². The second-order valence-electron chi connectivity index (χ2n) is 2.57. The Morgan fingerprint density at radius 3 is 3.00 bits per heavy atom. The van der Waals surface area contributed by atoms with Gasteiger partial charge in [-0.3, -0.25) is 0 Å². The van der Waals surface area contributed by atoms with Crippen LogP contribution >= 0.6 is 11.6 Å². The smallest absolute Gasteiger partial charge is 0.121 e. The maximum Gasteiger partial charge on any atom is 0.121 e. The lowest BCUT2D eigenvalue weighted by atomic mass is 10.2. The van der Waals surface area contributed by atoms with Crippen molar-refractivity contribution in [2.24, 2.45) is 5.11 Å². The Hall–Kier alpha value is -1.82. The average Bonchev–Trinajstić information content (AvgIpc) is 2.23. The molecule has 0 fully saturated rings. The van der Waals surface area contributed by atoms with Crippen LogP contribution < -0.4 is 4.74 Å². The molecule has 1 aromatic carbocycles. The highest BCUT2D eigenvalue weighted by Crippen LogP contribution is 2.19. The molecule has 0 saturated heterocycles. The normalized spacial score (nSPS) is 8.40. The highest BCUT2D eigenvalue weighted by molar-refractivity contribution is 6.30. The summed E-state index contributed by atoms with van der Waals surface area (Å²) >= 11 is 5.84. The molecule has 76 valence electrons. The molecule has 0 unspecified atom stereocenters. The summed E-state index contributed by atoms with van der Waals surface area (Å²) in [6.07, 6.45) is 0. The molecule has 15 heavy (non-hydrogen) atoms. The van der Waals surface area contributed by atoms with Gasteiger partial charge < -0.3 is 4.74 Å². The van der Waals surface area contributed by atoms with Gasteiger partial charge in [0.25, 0.3) is 0 Å². The highest BCUT2D eigenvalue weighted by atomic mass is 35.5. The molecule has 1 rings (SSSR count). The minimum atomic E-state index is 0.144. The molecule has 0 radical (unpaired) electrons. The number of ether oxygens (including phenoxy) is 1. The van der Waals surface area contributed by atoms with Crippen LogP contribution in [0.2, 0.25) is 5.02 Å². The number of hydrogen-bond acceptors (Lipinski definition) is 2. The Bertz CT molecular complexity index is 455. The quantitative estimate of drug-likeness (QED) is 0.328. The van der Waals surface area contributed by atoms with Crippen molar-refractivity contribution < 1.29 is 4.74 Å². The van der Waals surface area contributed by atoms with Gasteiger partial charge in [-0.05, 0) is 23.7 Å². The highest BCUT2D eigenvalue weighted by Gasteiger charge is 1.96. The first kappa shape index (κ1) is 11.3. The van der Waals surface area contributed by atoms with Gasteiger partial charge >= 0.3 is 0 Å². The molecule has 0 bridgehead atoms. The molecular weight excluding hydrogens is 214 g/mol. The zero-order valence-electron chi connectivity index (χ0n) is 8.07. The van der Waals surface area contributed by atoms with Gasteiger partial charge in [0.05, 0.1) is 13.7 Å². The van der Waals surface area contributed by atoms with Gasteiger partial charge in [-0.2, -0.15) is 0 Å². The van der Waals surface area contributed by atoms with Gasteiger partial charge in [0.1, 0.15) is 5.75 Å². The molecule has 0 N–H and O–H groups in total. The van der Waals surface area contributed by atoms with E-state index in [1.54, 1.807) is 25.3 Å². The minimum Gasteiger partial charge on any atom is -0.497 e. The number of halogens is 1. The summed E-state index contributed by atoms with van der Waals surface area (Å²) in [5.41, 5.74) is 8.77. The van der Waals surface area contributed by atoms with E-state index in [-0.39, 0.29) is 6.54 Å². The molecule has 0 atom stereocenters. The maximum atomic E-state index is 8.04. The van der Waals surface area contributed by atoms with E-state index in [2.05, 4.69) is 21.9 Å². The summed E-state index contributed by atoms with van der Waals surface area (Å²) < 4.78 is 5.03. The van der Waals surface area contributed by atoms with Crippen molar-refractivity contribution in [3.8, 4) is 17.6 Å². The monoisotopic (exact) mass is 221 g/mol. The number of rotatable bonds is 2. The van der Waals surface area contributed by atoms with E-state index in [1.165, 1.54) is 0 Å². The second-order valence-corrected chi connectivity index (χ2v) is 3.01. The first-order valence-corrected chi connectivity index (χ1v) is 4.48. The molecule has 1 aromatic rings. The van der Waals surface area contributed by atoms with Crippen LogP contribution in [-0.4, -0.2) is 13.7 Å². The summed E-state index contributed by atoms with van der Waals surface area (Å²) in [6.45, 7) is 0.144. The van der Waals surface area contributed by atoms with E-state index in [4.69, 9.17) is 21.9 Å². The van der Waals surface area contributed by atoms with Crippen molar-refractivity contribution in [2.45, 2.75) is 0 Å². The lowest BCUT2D eigenvalue weighted by Crippen LogP contribution is -1.84. The zero-order chi connectivity index (χ0) is 11.1. The van der Waals surface area contributed by atoms with Crippen LogP contribution in [0.3, 0.4) is 0 Å². The summed E-state index contributed by atoms with van der Waals surface area (Å²) in [4.78, 5) is 2.59. The van der Waals surface area contributed by atoms with Gasteiger partial charge in [-0.25, -0.2) is 0 Å². The SMILES string of the molecule is COc1cc(Cl)cc(C#CCN=[N+]=[N-])c1. The standard InChI is InChI=1S/C10H8ClN3O/c1-15-10-6-8(5-9(11)7-10)3-2-4-13-14-12/h5-7H,4H2,1H3. The molecule has 0 spiro atoms. The fourth-order valence-corrected chi connectivity index (χ4v) is 1.19. The first-order chi connectivity index (χ1) is 7.26. The summed E-state index contributed by atoms with van der Waals surface area (Å²) in [5, 5.41) is 3.85. The Balaban J connectivity index is 2.87. The lowest BCUT2D eigenvalue weighted by Gasteiger charge is -2.00. The lowest BCUT2D eigenvalue weighted by molar-refractivity contribution is 0.414. The molecule has 0 heterocycles. The molecular formula is C10H8ClN3O. The number of benzene rings is 1. The number of hydrogen-bond donors (Lipinski definition) is 0. The van der Waals surface area contributed by atoms with E-state index in [0.717, 1.165) is 5.56 Å². The summed E-state index contributed by atoms with van der Waals surface area (Å²) in [7, 11) is 1.56. The van der Waals surface area contributed by atoms with E-state index in [1.807, 2.05) is 0 Å². The predicted octanol–water partition coefficient (Wildman–Crippen LogP) is 3.01. The fraction of sp³-hybridized carbons (Fsp3) is 0.200. The third-order valence-corrected chi connectivity index (χ3v) is 1.77. The van der Waals surface area contributed by atoms with Crippen LogP contribution in [0.25, 0.3) is 10.4 Å². The number of azide groups is 1. The van der Waals surface area contributed by atoms with Crippen LogP contribution in [0.15, 0.2) is 23.3 Å². The van der Waals surface area contributed by atoms with E-state index in [0.29, 0.717) is 10.8 Å². The molecule has 0 aromatic heterocycles. The predicted molar refractivity (Wildman–Crippen MR) is 58.9 cm³/mol. The molecule has 0 amide bonds. The molecule has 0 saturated carbocycles. The van der Waals surface area contributed by atoms with Gasteiger partial charge in [-0.1, -0.05) is 28.6 Å². The van der Waals surface area contributed by atoms with Gasteiger partial charge in [0.15, 0.2) is 0 Å². The molecule has 0 aliphatic heterocycles. The largest absolute Gasteiger partial charge is 0.497 e. The Morgan fingerprint density at radius 1 is 1.53 bits per heavy atom. The van der Waals surface area contributed by atoms with Crippen LogP contribution in [-0.2, 0) is 0 Å². The van der Waals surface area contributed by atoms with E-state index in [9.17, 15) is 0 Å². The van der Waals surface area contributed by atoms with Gasteiger partial charge in [0, 0.05) is 15.5 Å². The molecule has 0 aliphatic carbocycles. The van der Waals surface area contributed by atoms with Crippen LogP contribution in [0.1, 0.15) is 5.56 Å². The molecule has 4 nitrogen and oxygen atoms in total. The van der Waals surface area contributed by atoms with Crippen LogP contribution in [0.4, 0.5) is 0 Å². The topological polar surface area (TPSA) is 58.0 Å². The Kier molecular flexibility index (Phi) is 4.36. The van der Waals surface area contributed by atoms with Crippen molar-refractivity contribution >= 4 is 11.6 Å². The Labute approximate surface area is 92.4 Å².